The minimum Gasteiger partial charge on any atom is -0.491 e. The second-order valence-corrected chi connectivity index (χ2v) is 7.92. The van der Waals surface area contributed by atoms with E-state index in [0.29, 0.717) is 6.61 Å². The van der Waals surface area contributed by atoms with Gasteiger partial charge in [0.05, 0.1) is 17.5 Å². The van der Waals surface area contributed by atoms with Crippen LogP contribution in [0.4, 0.5) is 4.79 Å². The quantitative estimate of drug-likeness (QED) is 0.902. The molecule has 0 aromatic heterocycles. The molecule has 2 rings (SSSR count). The molecule has 1 aliphatic rings. The second-order valence-electron chi connectivity index (χ2n) is 5.62. The monoisotopic (exact) mass is 326 g/mol. The fraction of sp³-hybridized carbons (Fsp3) is 0.533. The Labute approximate surface area is 131 Å². The number of benzene rings is 1. The minimum atomic E-state index is -2.97. The fourth-order valence-corrected chi connectivity index (χ4v) is 3.39. The first-order valence-corrected chi connectivity index (χ1v) is 9.13. The Morgan fingerprint density at radius 2 is 2.05 bits per heavy atom. The first-order valence-electron chi connectivity index (χ1n) is 7.31. The van der Waals surface area contributed by atoms with E-state index in [9.17, 15) is 13.2 Å². The molecule has 1 heterocycles. The maximum Gasteiger partial charge on any atom is 0.317 e. The van der Waals surface area contributed by atoms with Crippen LogP contribution in [-0.4, -0.2) is 56.6 Å². The Kier molecular flexibility index (Phi) is 5.28. The SMILES string of the molecule is Cc1cccc(OCC(C)NC(=O)N2CCS(=O)(=O)CC2)c1. The Morgan fingerprint density at radius 1 is 1.36 bits per heavy atom. The summed E-state index contributed by atoms with van der Waals surface area (Å²) < 4.78 is 28.3. The van der Waals surface area contributed by atoms with Crippen LogP contribution in [0.3, 0.4) is 0 Å². The molecule has 1 N–H and O–H groups in total. The standard InChI is InChI=1S/C15H22N2O4S/c1-12-4-3-5-14(10-12)21-11-13(2)16-15(18)17-6-8-22(19,20)9-7-17/h3-5,10,13H,6-9,11H2,1-2H3,(H,16,18). The van der Waals surface area contributed by atoms with E-state index in [0.717, 1.165) is 11.3 Å². The summed E-state index contributed by atoms with van der Waals surface area (Å²) in [5.41, 5.74) is 1.11. The van der Waals surface area contributed by atoms with Gasteiger partial charge < -0.3 is 15.0 Å². The minimum absolute atomic E-state index is 0.0363. The van der Waals surface area contributed by atoms with Crippen LogP contribution >= 0.6 is 0 Å². The fourth-order valence-electron chi connectivity index (χ4n) is 2.19. The van der Waals surface area contributed by atoms with Gasteiger partial charge in [-0.15, -0.1) is 0 Å². The zero-order valence-electron chi connectivity index (χ0n) is 12.9. The van der Waals surface area contributed by atoms with Crippen molar-refractivity contribution in [2.75, 3.05) is 31.2 Å². The number of carbonyl (C=O) groups excluding carboxylic acids is 1. The van der Waals surface area contributed by atoms with Gasteiger partial charge in [0, 0.05) is 13.1 Å². The lowest BCUT2D eigenvalue weighted by Crippen LogP contribution is -2.51. The van der Waals surface area contributed by atoms with E-state index in [2.05, 4.69) is 5.32 Å². The second kappa shape index (κ2) is 7.00. The zero-order chi connectivity index (χ0) is 16.2. The van der Waals surface area contributed by atoms with Crippen molar-refractivity contribution < 1.29 is 17.9 Å². The molecular weight excluding hydrogens is 304 g/mol. The number of urea groups is 1. The summed E-state index contributed by atoms with van der Waals surface area (Å²) in [6.45, 7) is 4.71. The molecule has 1 atom stereocenters. The summed E-state index contributed by atoms with van der Waals surface area (Å²) in [6, 6.07) is 7.31. The number of ether oxygens (including phenoxy) is 1. The van der Waals surface area contributed by atoms with Gasteiger partial charge in [-0.2, -0.15) is 0 Å². The summed E-state index contributed by atoms with van der Waals surface area (Å²) >= 11 is 0. The molecule has 0 bridgehead atoms. The average Bonchev–Trinajstić information content (AvgIpc) is 2.45. The number of nitrogens with one attached hydrogen (secondary N) is 1. The Balaban J connectivity index is 1.77. The van der Waals surface area contributed by atoms with Crippen LogP contribution in [-0.2, 0) is 9.84 Å². The van der Waals surface area contributed by atoms with E-state index >= 15 is 0 Å². The molecule has 1 aliphatic heterocycles. The molecule has 0 spiro atoms. The molecule has 1 unspecified atom stereocenters. The summed E-state index contributed by atoms with van der Waals surface area (Å²) in [6.07, 6.45) is 0. The molecule has 0 saturated carbocycles. The van der Waals surface area contributed by atoms with Gasteiger partial charge in [0.1, 0.15) is 12.4 Å². The van der Waals surface area contributed by atoms with E-state index in [1.54, 1.807) is 0 Å². The van der Waals surface area contributed by atoms with Crippen molar-refractivity contribution in [1.82, 2.24) is 10.2 Å². The van der Waals surface area contributed by atoms with Gasteiger partial charge in [-0.25, -0.2) is 13.2 Å². The van der Waals surface area contributed by atoms with Gasteiger partial charge >= 0.3 is 6.03 Å². The van der Waals surface area contributed by atoms with Crippen LogP contribution in [0.5, 0.6) is 5.75 Å². The summed E-state index contributed by atoms with van der Waals surface area (Å²) in [7, 11) is -2.97. The zero-order valence-corrected chi connectivity index (χ0v) is 13.7. The average molecular weight is 326 g/mol. The molecule has 0 radical (unpaired) electrons. The first kappa shape index (κ1) is 16.6. The number of amides is 2. The predicted molar refractivity (Wildman–Crippen MR) is 84.9 cm³/mol. The van der Waals surface area contributed by atoms with E-state index in [4.69, 9.17) is 4.74 Å². The summed E-state index contributed by atoms with van der Waals surface area (Å²) in [5, 5.41) is 2.83. The van der Waals surface area contributed by atoms with Gasteiger partial charge in [0.15, 0.2) is 9.84 Å². The number of carbonyl (C=O) groups is 1. The van der Waals surface area contributed by atoms with Gasteiger partial charge in [0.25, 0.3) is 0 Å². The molecule has 0 aliphatic carbocycles. The highest BCUT2D eigenvalue weighted by Gasteiger charge is 2.25. The van der Waals surface area contributed by atoms with Crippen molar-refractivity contribution in [3.63, 3.8) is 0 Å². The topological polar surface area (TPSA) is 75.7 Å². The smallest absolute Gasteiger partial charge is 0.317 e. The van der Waals surface area contributed by atoms with Crippen LogP contribution in [0.25, 0.3) is 0 Å². The van der Waals surface area contributed by atoms with Crippen LogP contribution < -0.4 is 10.1 Å². The van der Waals surface area contributed by atoms with Crippen molar-refractivity contribution in [2.45, 2.75) is 19.9 Å². The van der Waals surface area contributed by atoms with Crippen molar-refractivity contribution in [3.8, 4) is 5.75 Å². The summed E-state index contributed by atoms with van der Waals surface area (Å²) in [5.74, 6) is 0.841. The van der Waals surface area contributed by atoms with Crippen molar-refractivity contribution in [3.05, 3.63) is 29.8 Å². The van der Waals surface area contributed by atoms with Crippen molar-refractivity contribution in [2.24, 2.45) is 0 Å². The third-order valence-electron chi connectivity index (χ3n) is 3.49. The van der Waals surface area contributed by atoms with Gasteiger partial charge in [-0.1, -0.05) is 12.1 Å². The molecule has 1 aromatic rings. The van der Waals surface area contributed by atoms with E-state index < -0.39 is 9.84 Å². The number of hydrogen-bond acceptors (Lipinski definition) is 4. The third-order valence-corrected chi connectivity index (χ3v) is 5.10. The van der Waals surface area contributed by atoms with Crippen LogP contribution in [0.2, 0.25) is 0 Å². The number of rotatable bonds is 4. The number of aryl methyl sites for hydroxylation is 1. The van der Waals surface area contributed by atoms with Crippen LogP contribution in [0.15, 0.2) is 24.3 Å². The van der Waals surface area contributed by atoms with E-state index in [-0.39, 0.29) is 36.7 Å². The number of hydrogen-bond donors (Lipinski definition) is 1. The van der Waals surface area contributed by atoms with Crippen LogP contribution in [0, 0.1) is 6.92 Å². The van der Waals surface area contributed by atoms with E-state index in [1.807, 2.05) is 38.1 Å². The Morgan fingerprint density at radius 3 is 2.68 bits per heavy atom. The lowest BCUT2D eigenvalue weighted by molar-refractivity contribution is 0.191. The summed E-state index contributed by atoms with van der Waals surface area (Å²) in [4.78, 5) is 13.6. The lowest BCUT2D eigenvalue weighted by Gasteiger charge is -2.28. The third kappa shape index (κ3) is 4.91. The Hall–Kier alpha value is -1.76. The number of nitrogens with zero attached hydrogens (tertiary/aromatic N) is 1. The Bertz CT molecular complexity index is 616. The predicted octanol–water partition coefficient (Wildman–Crippen LogP) is 1.20. The molecule has 6 nitrogen and oxygen atoms in total. The highest BCUT2D eigenvalue weighted by molar-refractivity contribution is 7.91. The first-order chi connectivity index (χ1) is 10.4. The molecule has 22 heavy (non-hydrogen) atoms. The highest BCUT2D eigenvalue weighted by atomic mass is 32.2. The van der Waals surface area contributed by atoms with Crippen molar-refractivity contribution in [1.29, 1.82) is 0 Å². The molecule has 1 saturated heterocycles. The number of sulfone groups is 1. The highest BCUT2D eigenvalue weighted by Crippen LogP contribution is 2.12. The van der Waals surface area contributed by atoms with Crippen molar-refractivity contribution >= 4 is 15.9 Å². The molecule has 1 aromatic carbocycles. The maximum atomic E-state index is 12.0. The molecule has 1 fully saturated rings. The van der Waals surface area contributed by atoms with Gasteiger partial charge in [0.2, 0.25) is 0 Å². The molecule has 122 valence electrons. The molecule has 2 amide bonds. The maximum absolute atomic E-state index is 12.0. The van der Waals surface area contributed by atoms with Crippen LogP contribution in [0.1, 0.15) is 12.5 Å². The van der Waals surface area contributed by atoms with Gasteiger partial charge in [-0.05, 0) is 31.5 Å². The van der Waals surface area contributed by atoms with E-state index in [1.165, 1.54) is 4.90 Å². The molecular formula is C15H22N2O4S. The van der Waals surface area contributed by atoms with Gasteiger partial charge in [-0.3, -0.25) is 0 Å². The normalized spacial score (nSPS) is 18.5. The lowest BCUT2D eigenvalue weighted by atomic mass is 10.2. The largest absolute Gasteiger partial charge is 0.491 e. The molecule has 7 heteroatoms.